The molecule has 2 rings (SSSR count). The van der Waals surface area contributed by atoms with Crippen LogP contribution in [-0.4, -0.2) is 29.3 Å². The monoisotopic (exact) mass is 348 g/mol. The fourth-order valence-corrected chi connectivity index (χ4v) is 1.76. The van der Waals surface area contributed by atoms with Crippen molar-refractivity contribution >= 4 is 29.3 Å². The van der Waals surface area contributed by atoms with Crippen molar-refractivity contribution in [2.45, 2.75) is 0 Å². The van der Waals surface area contributed by atoms with Crippen LogP contribution in [0.15, 0.2) is 48.5 Å². The predicted octanol–water partition coefficient (Wildman–Crippen LogP) is 2.17. The maximum absolute atomic E-state index is 11.7. The molecule has 7 nitrogen and oxygen atoms in total. The molecule has 0 atom stereocenters. The number of hydrogen-bond donors (Lipinski definition) is 3. The molecule has 0 spiro atoms. The summed E-state index contributed by atoms with van der Waals surface area (Å²) in [6.07, 6.45) is -1.04. The van der Waals surface area contributed by atoms with E-state index in [2.05, 4.69) is 5.73 Å². The lowest BCUT2D eigenvalue weighted by Crippen LogP contribution is -2.16. The molecular weight excluding hydrogens is 332 g/mol. The number of para-hydroxylation sites is 1. The summed E-state index contributed by atoms with van der Waals surface area (Å²) in [5.74, 6) is -1.08. The molecule has 24 heavy (non-hydrogen) atoms. The van der Waals surface area contributed by atoms with Crippen molar-refractivity contribution in [1.29, 1.82) is 0 Å². The first-order valence-corrected chi connectivity index (χ1v) is 7.08. The molecule has 5 N–H and O–H groups in total. The highest BCUT2D eigenvalue weighted by molar-refractivity contribution is 7.80. The zero-order chi connectivity index (χ0) is 18.1. The summed E-state index contributed by atoms with van der Waals surface area (Å²) >= 11 is 4.81. The van der Waals surface area contributed by atoms with Crippen LogP contribution in [0.2, 0.25) is 0 Å². The third-order valence-electron chi connectivity index (χ3n) is 2.65. The molecule has 2 aromatic rings. The van der Waals surface area contributed by atoms with Gasteiger partial charge in [-0.1, -0.05) is 24.4 Å². The van der Waals surface area contributed by atoms with Gasteiger partial charge in [0, 0.05) is 5.56 Å². The molecular formula is C16H16N2O5S. The number of carboxylic acids is 1. The number of ether oxygens (including phenoxy) is 2. The van der Waals surface area contributed by atoms with Crippen molar-refractivity contribution in [2.75, 3.05) is 7.05 Å². The van der Waals surface area contributed by atoms with E-state index in [1.165, 1.54) is 37.4 Å². The highest BCUT2D eigenvalue weighted by Gasteiger charge is 2.15. The lowest BCUT2D eigenvalue weighted by Gasteiger charge is -2.08. The van der Waals surface area contributed by atoms with E-state index >= 15 is 0 Å². The number of carbonyl (C=O) groups is 2. The molecule has 0 unspecified atom stereocenters. The van der Waals surface area contributed by atoms with Crippen LogP contribution < -0.4 is 20.9 Å². The third kappa shape index (κ3) is 5.34. The van der Waals surface area contributed by atoms with Gasteiger partial charge >= 0.3 is 12.1 Å². The van der Waals surface area contributed by atoms with E-state index in [1.807, 2.05) is 0 Å². The SMILES string of the molecule is CN.NC(=S)c1ccc(OC(=O)Oc2ccccc2C(=O)O)cc1. The van der Waals surface area contributed by atoms with Gasteiger partial charge in [-0.05, 0) is 43.4 Å². The van der Waals surface area contributed by atoms with Gasteiger partial charge in [0.05, 0.1) is 0 Å². The van der Waals surface area contributed by atoms with Crippen molar-refractivity contribution in [3.05, 3.63) is 59.7 Å². The number of carboxylic acid groups (broad SMARTS) is 1. The molecule has 0 bridgehead atoms. The summed E-state index contributed by atoms with van der Waals surface area (Å²) in [6.45, 7) is 0. The van der Waals surface area contributed by atoms with Gasteiger partial charge in [0.15, 0.2) is 0 Å². The van der Waals surface area contributed by atoms with Crippen LogP contribution in [0.3, 0.4) is 0 Å². The quantitative estimate of drug-likeness (QED) is 0.436. The predicted molar refractivity (Wildman–Crippen MR) is 92.5 cm³/mol. The molecule has 0 heterocycles. The van der Waals surface area contributed by atoms with E-state index in [0.717, 1.165) is 0 Å². The zero-order valence-electron chi connectivity index (χ0n) is 12.8. The Bertz CT molecular complexity index is 732. The van der Waals surface area contributed by atoms with E-state index in [1.54, 1.807) is 18.2 Å². The van der Waals surface area contributed by atoms with Gasteiger partial charge in [-0.15, -0.1) is 0 Å². The lowest BCUT2D eigenvalue weighted by atomic mass is 10.2. The van der Waals surface area contributed by atoms with Crippen molar-refractivity contribution in [1.82, 2.24) is 0 Å². The third-order valence-corrected chi connectivity index (χ3v) is 2.89. The van der Waals surface area contributed by atoms with Crippen LogP contribution in [0.25, 0.3) is 0 Å². The molecule has 0 aliphatic rings. The first-order chi connectivity index (χ1) is 11.5. The second-order valence-corrected chi connectivity index (χ2v) is 4.58. The van der Waals surface area contributed by atoms with Crippen molar-refractivity contribution in [3.63, 3.8) is 0 Å². The highest BCUT2D eigenvalue weighted by atomic mass is 32.1. The van der Waals surface area contributed by atoms with E-state index in [9.17, 15) is 9.59 Å². The van der Waals surface area contributed by atoms with E-state index in [0.29, 0.717) is 5.56 Å². The smallest absolute Gasteiger partial charge is 0.478 e. The fourth-order valence-electron chi connectivity index (χ4n) is 1.63. The van der Waals surface area contributed by atoms with Crippen LogP contribution in [0, 0.1) is 0 Å². The first kappa shape index (κ1) is 19.1. The fraction of sp³-hybridized carbons (Fsp3) is 0.0625. The van der Waals surface area contributed by atoms with Crippen molar-refractivity contribution in [3.8, 4) is 11.5 Å². The standard InChI is InChI=1S/C15H11NO5S.CH5N/c16-13(22)9-5-7-10(8-6-9)20-15(19)21-12-4-2-1-3-11(12)14(17)18;1-2/h1-8H,(H2,16,22)(H,17,18);2H2,1H3. The number of aromatic carboxylic acids is 1. The number of benzene rings is 2. The Hall–Kier alpha value is -2.97. The van der Waals surface area contributed by atoms with Gasteiger partial charge < -0.3 is 26.0 Å². The van der Waals surface area contributed by atoms with Gasteiger partial charge in [-0.25, -0.2) is 9.59 Å². The molecule has 0 radical (unpaired) electrons. The van der Waals surface area contributed by atoms with Gasteiger partial charge in [0.25, 0.3) is 0 Å². The Labute approximate surface area is 143 Å². The Kier molecular flexibility index (Phi) is 7.34. The van der Waals surface area contributed by atoms with Crippen molar-refractivity contribution < 1.29 is 24.2 Å². The number of nitrogens with two attached hydrogens (primary N) is 2. The first-order valence-electron chi connectivity index (χ1n) is 6.67. The Morgan fingerprint density at radius 2 is 1.58 bits per heavy atom. The van der Waals surface area contributed by atoms with Gasteiger partial charge in [-0.2, -0.15) is 0 Å². The molecule has 0 aliphatic carbocycles. The number of thiocarbonyl (C=S) groups is 1. The number of hydrogen-bond acceptors (Lipinski definition) is 6. The van der Waals surface area contributed by atoms with Crippen LogP contribution in [0.4, 0.5) is 4.79 Å². The van der Waals surface area contributed by atoms with Gasteiger partial charge in [-0.3, -0.25) is 0 Å². The topological polar surface area (TPSA) is 125 Å². The minimum atomic E-state index is -1.20. The van der Waals surface area contributed by atoms with Crippen LogP contribution in [0.5, 0.6) is 11.5 Å². The molecule has 0 fully saturated rings. The molecule has 0 aliphatic heterocycles. The number of carbonyl (C=O) groups excluding carboxylic acids is 1. The van der Waals surface area contributed by atoms with Crippen molar-refractivity contribution in [2.24, 2.45) is 11.5 Å². The van der Waals surface area contributed by atoms with Crippen LogP contribution in [0.1, 0.15) is 15.9 Å². The largest absolute Gasteiger partial charge is 0.519 e. The Morgan fingerprint density at radius 3 is 2.12 bits per heavy atom. The average molecular weight is 348 g/mol. The molecule has 0 saturated carbocycles. The highest BCUT2D eigenvalue weighted by Crippen LogP contribution is 2.19. The molecule has 2 aromatic carbocycles. The van der Waals surface area contributed by atoms with Gasteiger partial charge in [0.2, 0.25) is 0 Å². The van der Waals surface area contributed by atoms with Crippen LogP contribution in [-0.2, 0) is 0 Å². The molecule has 0 amide bonds. The average Bonchev–Trinajstić information content (AvgIpc) is 2.57. The van der Waals surface area contributed by atoms with E-state index in [-0.39, 0.29) is 22.1 Å². The summed E-state index contributed by atoms with van der Waals surface area (Å²) in [6, 6.07) is 11.9. The van der Waals surface area contributed by atoms with E-state index in [4.69, 9.17) is 32.5 Å². The second kappa shape index (κ2) is 9.23. The summed E-state index contributed by atoms with van der Waals surface area (Å²) in [7, 11) is 1.50. The Morgan fingerprint density at radius 1 is 1.00 bits per heavy atom. The lowest BCUT2D eigenvalue weighted by molar-refractivity contribution is 0.0693. The molecule has 126 valence electrons. The number of rotatable bonds is 4. The van der Waals surface area contributed by atoms with Crippen LogP contribution >= 0.6 is 12.2 Å². The Balaban J connectivity index is 0.00000139. The molecule has 0 saturated heterocycles. The van der Waals surface area contributed by atoms with E-state index < -0.39 is 12.1 Å². The summed E-state index contributed by atoms with van der Waals surface area (Å²) < 4.78 is 9.85. The maximum Gasteiger partial charge on any atom is 0.519 e. The normalized spacial score (nSPS) is 9.25. The maximum atomic E-state index is 11.7. The second-order valence-electron chi connectivity index (χ2n) is 4.14. The summed E-state index contributed by atoms with van der Waals surface area (Å²) in [4.78, 5) is 22.9. The van der Waals surface area contributed by atoms with Gasteiger partial charge in [0.1, 0.15) is 22.1 Å². The minimum Gasteiger partial charge on any atom is -0.478 e. The zero-order valence-corrected chi connectivity index (χ0v) is 13.6. The molecule has 0 aromatic heterocycles. The summed E-state index contributed by atoms with van der Waals surface area (Å²) in [5.41, 5.74) is 10.5. The summed E-state index contributed by atoms with van der Waals surface area (Å²) in [5, 5.41) is 8.99. The minimum absolute atomic E-state index is 0.0974. The molecule has 8 heteroatoms.